The van der Waals surface area contributed by atoms with E-state index in [0.717, 1.165) is 10.0 Å². The SMILES string of the molecule is C=CC(C)(O)c1cc(N)cc(Br)c1. The molecule has 0 aromatic heterocycles. The molecule has 0 heterocycles. The second kappa shape index (κ2) is 3.52. The minimum Gasteiger partial charge on any atom is -0.399 e. The van der Waals surface area contributed by atoms with E-state index in [1.54, 1.807) is 19.1 Å². The molecule has 1 rings (SSSR count). The maximum Gasteiger partial charge on any atom is 0.105 e. The van der Waals surface area contributed by atoms with Crippen LogP contribution in [0.25, 0.3) is 0 Å². The van der Waals surface area contributed by atoms with Gasteiger partial charge in [-0.25, -0.2) is 0 Å². The van der Waals surface area contributed by atoms with Crippen molar-refractivity contribution in [2.75, 3.05) is 5.73 Å². The minimum atomic E-state index is -1.03. The molecule has 0 aliphatic carbocycles. The lowest BCUT2D eigenvalue weighted by Crippen LogP contribution is -2.17. The summed E-state index contributed by atoms with van der Waals surface area (Å²) >= 11 is 3.31. The Labute approximate surface area is 86.2 Å². The molecule has 0 spiro atoms. The third-order valence-corrected chi connectivity index (χ3v) is 2.36. The van der Waals surface area contributed by atoms with E-state index in [2.05, 4.69) is 22.5 Å². The second-order valence-corrected chi connectivity index (χ2v) is 4.04. The first kappa shape index (κ1) is 10.3. The predicted molar refractivity (Wildman–Crippen MR) is 58.3 cm³/mol. The average molecular weight is 242 g/mol. The second-order valence-electron chi connectivity index (χ2n) is 3.12. The van der Waals surface area contributed by atoms with E-state index >= 15 is 0 Å². The minimum absolute atomic E-state index is 0.617. The molecule has 0 bridgehead atoms. The largest absolute Gasteiger partial charge is 0.399 e. The lowest BCUT2D eigenvalue weighted by molar-refractivity contribution is 0.111. The van der Waals surface area contributed by atoms with E-state index in [1.165, 1.54) is 6.08 Å². The van der Waals surface area contributed by atoms with E-state index in [-0.39, 0.29) is 0 Å². The van der Waals surface area contributed by atoms with Crippen molar-refractivity contribution >= 4 is 21.6 Å². The number of anilines is 1. The Morgan fingerprint density at radius 2 is 2.15 bits per heavy atom. The fourth-order valence-electron chi connectivity index (χ4n) is 1.02. The highest BCUT2D eigenvalue weighted by Crippen LogP contribution is 2.26. The molecule has 13 heavy (non-hydrogen) atoms. The molecular weight excluding hydrogens is 230 g/mol. The van der Waals surface area contributed by atoms with Gasteiger partial charge in [0, 0.05) is 10.2 Å². The third kappa shape index (κ3) is 2.32. The van der Waals surface area contributed by atoms with Crippen molar-refractivity contribution < 1.29 is 5.11 Å². The van der Waals surface area contributed by atoms with Crippen LogP contribution in [-0.4, -0.2) is 5.11 Å². The van der Waals surface area contributed by atoms with Crippen molar-refractivity contribution in [3.63, 3.8) is 0 Å². The van der Waals surface area contributed by atoms with Gasteiger partial charge in [-0.1, -0.05) is 28.6 Å². The van der Waals surface area contributed by atoms with Gasteiger partial charge in [0.05, 0.1) is 0 Å². The lowest BCUT2D eigenvalue weighted by atomic mass is 9.96. The van der Waals surface area contributed by atoms with E-state index < -0.39 is 5.60 Å². The number of hydrogen-bond donors (Lipinski definition) is 2. The van der Waals surface area contributed by atoms with E-state index in [1.807, 2.05) is 6.07 Å². The maximum absolute atomic E-state index is 9.85. The van der Waals surface area contributed by atoms with Crippen molar-refractivity contribution in [2.24, 2.45) is 0 Å². The smallest absolute Gasteiger partial charge is 0.105 e. The number of hydrogen-bond acceptors (Lipinski definition) is 2. The summed E-state index contributed by atoms with van der Waals surface area (Å²) in [6, 6.07) is 5.33. The van der Waals surface area contributed by atoms with E-state index in [4.69, 9.17) is 5.73 Å². The van der Waals surface area contributed by atoms with Crippen LogP contribution < -0.4 is 5.73 Å². The number of rotatable bonds is 2. The van der Waals surface area contributed by atoms with E-state index in [0.29, 0.717) is 5.69 Å². The number of nitrogen functional groups attached to an aromatic ring is 1. The number of aliphatic hydroxyl groups is 1. The van der Waals surface area contributed by atoms with Gasteiger partial charge in [0.1, 0.15) is 5.60 Å². The van der Waals surface area contributed by atoms with Crippen molar-refractivity contribution in [3.8, 4) is 0 Å². The Bertz CT molecular complexity index is 313. The quantitative estimate of drug-likeness (QED) is 0.618. The van der Waals surface area contributed by atoms with Gasteiger partial charge < -0.3 is 10.8 Å². The van der Waals surface area contributed by atoms with Gasteiger partial charge >= 0.3 is 0 Å². The molecule has 2 nitrogen and oxygen atoms in total. The van der Waals surface area contributed by atoms with Crippen LogP contribution in [-0.2, 0) is 5.60 Å². The molecule has 0 amide bonds. The van der Waals surface area contributed by atoms with Crippen LogP contribution in [0.3, 0.4) is 0 Å². The molecule has 0 aliphatic heterocycles. The maximum atomic E-state index is 9.85. The molecule has 0 aliphatic rings. The van der Waals surface area contributed by atoms with E-state index in [9.17, 15) is 5.11 Å². The Morgan fingerprint density at radius 1 is 1.54 bits per heavy atom. The Morgan fingerprint density at radius 3 is 2.62 bits per heavy atom. The van der Waals surface area contributed by atoms with Gasteiger partial charge in [0.25, 0.3) is 0 Å². The summed E-state index contributed by atoms with van der Waals surface area (Å²) in [4.78, 5) is 0. The first-order valence-electron chi connectivity index (χ1n) is 3.88. The summed E-state index contributed by atoms with van der Waals surface area (Å²) in [5.74, 6) is 0. The topological polar surface area (TPSA) is 46.2 Å². The molecule has 1 atom stereocenters. The van der Waals surface area contributed by atoms with Gasteiger partial charge in [-0.05, 0) is 30.7 Å². The van der Waals surface area contributed by atoms with Gasteiger partial charge in [0.15, 0.2) is 0 Å². The predicted octanol–water partition coefficient (Wildman–Crippen LogP) is 2.42. The van der Waals surface area contributed by atoms with Gasteiger partial charge in [-0.15, -0.1) is 0 Å². The summed E-state index contributed by atoms with van der Waals surface area (Å²) < 4.78 is 0.852. The number of nitrogens with two attached hydrogens (primary N) is 1. The number of halogens is 1. The first-order valence-corrected chi connectivity index (χ1v) is 4.67. The summed E-state index contributed by atoms with van der Waals surface area (Å²) in [6.45, 7) is 5.23. The molecule has 0 radical (unpaired) electrons. The summed E-state index contributed by atoms with van der Waals surface area (Å²) in [7, 11) is 0. The zero-order valence-corrected chi connectivity index (χ0v) is 9.01. The highest BCUT2D eigenvalue weighted by molar-refractivity contribution is 9.10. The van der Waals surface area contributed by atoms with Gasteiger partial charge in [-0.3, -0.25) is 0 Å². The molecule has 0 saturated carbocycles. The van der Waals surface area contributed by atoms with Crippen molar-refractivity contribution in [1.29, 1.82) is 0 Å². The van der Waals surface area contributed by atoms with Crippen LogP contribution in [0.2, 0.25) is 0 Å². The van der Waals surface area contributed by atoms with Crippen molar-refractivity contribution in [2.45, 2.75) is 12.5 Å². The monoisotopic (exact) mass is 241 g/mol. The van der Waals surface area contributed by atoms with Crippen LogP contribution >= 0.6 is 15.9 Å². The molecule has 0 saturated heterocycles. The zero-order valence-electron chi connectivity index (χ0n) is 7.42. The Balaban J connectivity index is 3.22. The third-order valence-electron chi connectivity index (χ3n) is 1.90. The zero-order chi connectivity index (χ0) is 10.1. The molecule has 70 valence electrons. The highest BCUT2D eigenvalue weighted by Gasteiger charge is 2.18. The first-order chi connectivity index (χ1) is 5.95. The normalized spacial score (nSPS) is 15.0. The molecule has 1 unspecified atom stereocenters. The summed E-state index contributed by atoms with van der Waals surface area (Å²) in [5.41, 5.74) is 5.95. The molecular formula is C10H12BrNO. The van der Waals surface area contributed by atoms with Crippen molar-refractivity contribution in [1.82, 2.24) is 0 Å². The standard InChI is InChI=1S/C10H12BrNO/c1-3-10(2,13)7-4-8(11)6-9(12)5-7/h3-6,13H,1,12H2,2H3. The molecule has 1 aromatic carbocycles. The van der Waals surface area contributed by atoms with Crippen LogP contribution in [0.4, 0.5) is 5.69 Å². The fourth-order valence-corrected chi connectivity index (χ4v) is 1.53. The van der Waals surface area contributed by atoms with Crippen LogP contribution in [0.5, 0.6) is 0 Å². The Kier molecular flexibility index (Phi) is 2.78. The fraction of sp³-hybridized carbons (Fsp3) is 0.200. The summed E-state index contributed by atoms with van der Waals surface area (Å²) in [6.07, 6.45) is 1.48. The summed E-state index contributed by atoms with van der Waals surface area (Å²) in [5, 5.41) is 9.85. The molecule has 3 N–H and O–H groups in total. The van der Waals surface area contributed by atoms with Gasteiger partial charge in [0.2, 0.25) is 0 Å². The Hall–Kier alpha value is -0.800. The molecule has 1 aromatic rings. The van der Waals surface area contributed by atoms with Crippen molar-refractivity contribution in [3.05, 3.63) is 40.9 Å². The lowest BCUT2D eigenvalue weighted by Gasteiger charge is -2.19. The van der Waals surface area contributed by atoms with Crippen LogP contribution in [0, 0.1) is 0 Å². The number of benzene rings is 1. The highest BCUT2D eigenvalue weighted by atomic mass is 79.9. The molecule has 0 fully saturated rings. The van der Waals surface area contributed by atoms with Gasteiger partial charge in [-0.2, -0.15) is 0 Å². The molecule has 3 heteroatoms. The average Bonchev–Trinajstić information content (AvgIpc) is 2.02. The van der Waals surface area contributed by atoms with Crippen LogP contribution in [0.15, 0.2) is 35.3 Å². The van der Waals surface area contributed by atoms with Crippen LogP contribution in [0.1, 0.15) is 12.5 Å².